The van der Waals surface area contributed by atoms with Gasteiger partial charge in [0.05, 0.1) is 12.8 Å². The molecule has 1 aliphatic rings. The second-order valence-corrected chi connectivity index (χ2v) is 7.03. The lowest BCUT2D eigenvalue weighted by Crippen LogP contribution is -2.19. The average molecular weight is 399 g/mol. The summed E-state index contributed by atoms with van der Waals surface area (Å²) in [6.07, 6.45) is 3.39. The molecule has 0 bridgehead atoms. The molecular weight excluding hydrogens is 380 g/mol. The van der Waals surface area contributed by atoms with Crippen LogP contribution in [-0.4, -0.2) is 23.3 Å². The number of carbonyl (C=O) groups excluding carboxylic acids is 1. The maximum atomic E-state index is 12.4. The molecule has 2 amide bonds. The normalized spacial score (nSPS) is 13.6. The first-order chi connectivity index (χ1) is 13.6. The summed E-state index contributed by atoms with van der Waals surface area (Å²) in [5.74, 6) is 2.09. The molecule has 1 saturated carbocycles. The molecule has 144 valence electrons. The summed E-state index contributed by atoms with van der Waals surface area (Å²) in [5.41, 5.74) is 1.85. The largest absolute Gasteiger partial charge is 0.495 e. The molecule has 0 unspecified atom stereocenters. The highest BCUT2D eigenvalue weighted by atomic mass is 35.5. The van der Waals surface area contributed by atoms with E-state index in [1.165, 1.54) is 13.5 Å². The summed E-state index contributed by atoms with van der Waals surface area (Å²) in [6, 6.07) is 11.9. The van der Waals surface area contributed by atoms with Crippen LogP contribution in [0, 0.1) is 0 Å². The van der Waals surface area contributed by atoms with Crippen molar-refractivity contribution in [1.29, 1.82) is 0 Å². The molecule has 0 saturated heterocycles. The SMILES string of the molecule is COc1ccc(Cl)cc1NC(=O)Nc1cccc(-c2noc(C3CCC3)n2)c1. The molecule has 1 fully saturated rings. The second-order valence-electron chi connectivity index (χ2n) is 6.59. The minimum Gasteiger partial charge on any atom is -0.495 e. The van der Waals surface area contributed by atoms with Crippen LogP contribution in [0.3, 0.4) is 0 Å². The van der Waals surface area contributed by atoms with Crippen LogP contribution in [0.5, 0.6) is 5.75 Å². The Bertz CT molecular complexity index is 1000. The van der Waals surface area contributed by atoms with Gasteiger partial charge in [-0.25, -0.2) is 4.79 Å². The summed E-state index contributed by atoms with van der Waals surface area (Å²) >= 11 is 5.99. The Kier molecular flexibility index (Phi) is 5.16. The van der Waals surface area contributed by atoms with Gasteiger partial charge in [-0.2, -0.15) is 4.98 Å². The lowest BCUT2D eigenvalue weighted by atomic mass is 9.85. The van der Waals surface area contributed by atoms with Crippen molar-refractivity contribution >= 4 is 29.0 Å². The van der Waals surface area contributed by atoms with Crippen molar-refractivity contribution in [3.63, 3.8) is 0 Å². The van der Waals surface area contributed by atoms with Gasteiger partial charge in [-0.15, -0.1) is 0 Å². The quantitative estimate of drug-likeness (QED) is 0.607. The summed E-state index contributed by atoms with van der Waals surface area (Å²) in [7, 11) is 1.53. The van der Waals surface area contributed by atoms with Crippen molar-refractivity contribution < 1.29 is 14.1 Å². The third kappa shape index (κ3) is 3.94. The Hall–Kier alpha value is -3.06. The highest BCUT2D eigenvalue weighted by molar-refractivity contribution is 6.31. The molecule has 0 radical (unpaired) electrons. The number of anilines is 2. The van der Waals surface area contributed by atoms with Crippen molar-refractivity contribution in [2.75, 3.05) is 17.7 Å². The third-order valence-corrected chi connectivity index (χ3v) is 4.92. The van der Waals surface area contributed by atoms with Gasteiger partial charge in [-0.05, 0) is 43.2 Å². The fourth-order valence-corrected chi connectivity index (χ4v) is 3.14. The van der Waals surface area contributed by atoms with Gasteiger partial charge in [0.15, 0.2) is 0 Å². The third-order valence-electron chi connectivity index (χ3n) is 4.68. The maximum absolute atomic E-state index is 12.4. The number of hydrogen-bond acceptors (Lipinski definition) is 5. The van der Waals surface area contributed by atoms with E-state index >= 15 is 0 Å². The molecule has 0 spiro atoms. The summed E-state index contributed by atoms with van der Waals surface area (Å²) in [5, 5.41) is 10.1. The molecule has 4 rings (SSSR count). The van der Waals surface area contributed by atoms with Gasteiger partial charge < -0.3 is 19.9 Å². The average Bonchev–Trinajstić information content (AvgIpc) is 3.10. The number of nitrogens with zero attached hydrogens (tertiary/aromatic N) is 2. The van der Waals surface area contributed by atoms with Gasteiger partial charge in [-0.3, -0.25) is 0 Å². The molecule has 8 heteroatoms. The number of carbonyl (C=O) groups is 1. The Balaban J connectivity index is 1.46. The molecule has 2 aromatic carbocycles. The number of methoxy groups -OCH3 is 1. The van der Waals surface area contributed by atoms with Gasteiger partial charge in [0, 0.05) is 22.2 Å². The standard InChI is InChI=1S/C20H19ClN4O3/c1-27-17-9-8-14(21)11-16(17)23-20(26)22-15-7-3-6-13(10-15)18-24-19(28-25-18)12-4-2-5-12/h3,6-12H,2,4-5H2,1H3,(H2,22,23,26). The van der Waals surface area contributed by atoms with Crippen molar-refractivity contribution in [2.45, 2.75) is 25.2 Å². The van der Waals surface area contributed by atoms with Crippen LogP contribution in [0.2, 0.25) is 5.02 Å². The molecule has 2 N–H and O–H groups in total. The van der Waals surface area contributed by atoms with E-state index in [9.17, 15) is 4.79 Å². The Morgan fingerprint density at radius 1 is 1.21 bits per heavy atom. The molecule has 1 aliphatic carbocycles. The molecule has 7 nitrogen and oxygen atoms in total. The van der Waals surface area contributed by atoms with E-state index in [1.54, 1.807) is 30.3 Å². The van der Waals surface area contributed by atoms with Gasteiger partial charge in [0.2, 0.25) is 11.7 Å². The van der Waals surface area contributed by atoms with E-state index < -0.39 is 6.03 Å². The lowest BCUT2D eigenvalue weighted by molar-refractivity contribution is 0.262. The van der Waals surface area contributed by atoms with Crippen LogP contribution in [0.25, 0.3) is 11.4 Å². The van der Waals surface area contributed by atoms with Crippen molar-refractivity contribution in [3.05, 3.63) is 53.4 Å². The summed E-state index contributed by atoms with van der Waals surface area (Å²) in [6.45, 7) is 0. The molecule has 0 atom stereocenters. The van der Waals surface area contributed by atoms with E-state index in [4.69, 9.17) is 20.9 Å². The zero-order valence-corrected chi connectivity index (χ0v) is 16.0. The minimum absolute atomic E-state index is 0.376. The highest BCUT2D eigenvalue weighted by Gasteiger charge is 2.25. The van der Waals surface area contributed by atoms with E-state index in [1.807, 2.05) is 12.1 Å². The number of benzene rings is 2. The Morgan fingerprint density at radius 3 is 2.82 bits per heavy atom. The smallest absolute Gasteiger partial charge is 0.323 e. The Morgan fingerprint density at radius 2 is 2.07 bits per heavy atom. The summed E-state index contributed by atoms with van der Waals surface area (Å²) in [4.78, 5) is 16.9. The molecule has 3 aromatic rings. The number of aromatic nitrogens is 2. The van der Waals surface area contributed by atoms with E-state index in [2.05, 4.69) is 20.8 Å². The van der Waals surface area contributed by atoms with Crippen LogP contribution in [-0.2, 0) is 0 Å². The van der Waals surface area contributed by atoms with Gasteiger partial charge >= 0.3 is 6.03 Å². The monoisotopic (exact) mass is 398 g/mol. The summed E-state index contributed by atoms with van der Waals surface area (Å²) < 4.78 is 10.6. The number of rotatable bonds is 5. The maximum Gasteiger partial charge on any atom is 0.323 e. The number of hydrogen-bond donors (Lipinski definition) is 2. The van der Waals surface area contributed by atoms with Crippen LogP contribution in [0.1, 0.15) is 31.1 Å². The Labute approximate surface area is 167 Å². The van der Waals surface area contributed by atoms with E-state index in [0.29, 0.717) is 39.8 Å². The highest BCUT2D eigenvalue weighted by Crippen LogP contribution is 2.36. The molecule has 1 aromatic heterocycles. The zero-order valence-electron chi connectivity index (χ0n) is 15.2. The first kappa shape index (κ1) is 18.3. The molecular formula is C20H19ClN4O3. The predicted molar refractivity (Wildman–Crippen MR) is 107 cm³/mol. The first-order valence-corrected chi connectivity index (χ1v) is 9.36. The number of urea groups is 1. The molecule has 28 heavy (non-hydrogen) atoms. The first-order valence-electron chi connectivity index (χ1n) is 8.98. The lowest BCUT2D eigenvalue weighted by Gasteiger charge is -2.20. The van der Waals surface area contributed by atoms with Gasteiger partial charge in [0.25, 0.3) is 0 Å². The van der Waals surface area contributed by atoms with E-state index in [-0.39, 0.29) is 0 Å². The van der Waals surface area contributed by atoms with Crippen LogP contribution >= 0.6 is 11.6 Å². The van der Waals surface area contributed by atoms with Gasteiger partial charge in [0.1, 0.15) is 5.75 Å². The van der Waals surface area contributed by atoms with Crippen molar-refractivity contribution in [3.8, 4) is 17.1 Å². The van der Waals surface area contributed by atoms with Crippen molar-refractivity contribution in [2.24, 2.45) is 0 Å². The van der Waals surface area contributed by atoms with Crippen LogP contribution < -0.4 is 15.4 Å². The van der Waals surface area contributed by atoms with E-state index in [0.717, 1.165) is 18.4 Å². The van der Waals surface area contributed by atoms with Crippen LogP contribution in [0.4, 0.5) is 16.2 Å². The number of amides is 2. The van der Waals surface area contributed by atoms with Crippen molar-refractivity contribution in [1.82, 2.24) is 10.1 Å². The number of ether oxygens (including phenoxy) is 1. The molecule has 0 aliphatic heterocycles. The van der Waals surface area contributed by atoms with Crippen LogP contribution in [0.15, 0.2) is 47.0 Å². The fraction of sp³-hybridized carbons (Fsp3) is 0.250. The minimum atomic E-state index is -0.416. The number of halogens is 1. The van der Waals surface area contributed by atoms with Gasteiger partial charge in [-0.1, -0.05) is 35.3 Å². The number of nitrogens with one attached hydrogen (secondary N) is 2. The zero-order chi connectivity index (χ0) is 19.5. The fourth-order valence-electron chi connectivity index (χ4n) is 2.97. The predicted octanol–water partition coefficient (Wildman–Crippen LogP) is 5.31. The molecule has 1 heterocycles. The topological polar surface area (TPSA) is 89.3 Å². The second kappa shape index (κ2) is 7.90.